The van der Waals surface area contributed by atoms with E-state index in [1.807, 2.05) is 6.07 Å². The molecule has 0 aliphatic rings. The van der Waals surface area contributed by atoms with Gasteiger partial charge in [0.25, 0.3) is 0 Å². The largest absolute Gasteiger partial charge is 0.587 e. The van der Waals surface area contributed by atoms with Gasteiger partial charge >= 0.3 is 5.69 Å². The Kier molecular flexibility index (Phi) is 5.24. The summed E-state index contributed by atoms with van der Waals surface area (Å²) >= 11 is -1.95. The lowest BCUT2D eigenvalue weighted by Crippen LogP contribution is -2.43. The van der Waals surface area contributed by atoms with Crippen LogP contribution in [0.15, 0.2) is 70.5 Å². The van der Waals surface area contributed by atoms with Crippen LogP contribution in [0.4, 0.5) is 4.39 Å². The van der Waals surface area contributed by atoms with Crippen molar-refractivity contribution in [2.75, 3.05) is 7.11 Å². The maximum absolute atomic E-state index is 14.2. The molecule has 1 heterocycles. The van der Waals surface area contributed by atoms with Crippen LogP contribution >= 0.6 is 0 Å². The van der Waals surface area contributed by atoms with E-state index >= 15 is 0 Å². The summed E-state index contributed by atoms with van der Waals surface area (Å²) in [6.07, 6.45) is 0.798. The number of methoxy groups -OCH3 is 1. The van der Waals surface area contributed by atoms with Gasteiger partial charge in [-0.1, -0.05) is 30.3 Å². The molecule has 1 aromatic heterocycles. The minimum absolute atomic E-state index is 0.01000. The zero-order valence-electron chi connectivity index (χ0n) is 13.9. The fourth-order valence-electron chi connectivity index (χ4n) is 2.40. The third-order valence-corrected chi connectivity index (χ3v) is 5.06. The Morgan fingerprint density at radius 2 is 1.81 bits per heavy atom. The van der Waals surface area contributed by atoms with Crippen LogP contribution in [-0.2, 0) is 17.9 Å². The van der Waals surface area contributed by atoms with Gasteiger partial charge in [-0.2, -0.15) is 0 Å². The molecular weight excluding hydrogens is 357 g/mol. The Morgan fingerprint density at radius 3 is 2.42 bits per heavy atom. The van der Waals surface area contributed by atoms with E-state index in [4.69, 9.17) is 10.1 Å². The molecule has 26 heavy (non-hydrogen) atoms. The first-order chi connectivity index (χ1) is 12.5. The van der Waals surface area contributed by atoms with Crippen molar-refractivity contribution < 1.29 is 13.7 Å². The molecule has 0 radical (unpaired) electrons. The number of nitrogens with one attached hydrogen (secondary N) is 1. The van der Waals surface area contributed by atoms with Crippen LogP contribution in [0.25, 0.3) is 0 Å². The molecule has 0 aliphatic carbocycles. The van der Waals surface area contributed by atoms with Gasteiger partial charge in [0.05, 0.1) is 13.7 Å². The average Bonchev–Trinajstić information content (AvgIpc) is 2.68. The first-order valence-electron chi connectivity index (χ1n) is 7.68. The number of halogens is 1. The second-order valence-electron chi connectivity index (χ2n) is 5.43. The monoisotopic (exact) mass is 373 g/mol. The van der Waals surface area contributed by atoms with Crippen molar-refractivity contribution in [2.24, 2.45) is 0 Å². The van der Waals surface area contributed by atoms with Crippen LogP contribution in [0.1, 0.15) is 5.56 Å². The molecule has 0 aliphatic heterocycles. The summed E-state index contributed by atoms with van der Waals surface area (Å²) in [5.74, 6) is -0.354. The Morgan fingerprint density at radius 1 is 1.15 bits per heavy atom. The lowest BCUT2D eigenvalue weighted by atomic mass is 10.2. The first-order valence-corrected chi connectivity index (χ1v) is 8.79. The maximum Gasteiger partial charge on any atom is 0.372 e. The highest BCUT2D eigenvalue weighted by atomic mass is 32.2. The second-order valence-corrected chi connectivity index (χ2v) is 6.79. The normalized spacial score (nSPS) is 12.0. The van der Waals surface area contributed by atoms with Gasteiger partial charge in [0.2, 0.25) is 0 Å². The molecule has 3 aromatic rings. The minimum atomic E-state index is -1.95. The molecule has 1 N–H and O–H groups in total. The molecule has 1 atom stereocenters. The van der Waals surface area contributed by atoms with Gasteiger partial charge in [-0.25, -0.2) is 9.18 Å². The molecule has 0 amide bonds. The van der Waals surface area contributed by atoms with Crippen LogP contribution in [0.5, 0.6) is 5.75 Å². The Balaban J connectivity index is 2.04. The minimum Gasteiger partial charge on any atom is -0.587 e. The van der Waals surface area contributed by atoms with Crippen molar-refractivity contribution in [2.45, 2.75) is 11.4 Å². The molecule has 2 aromatic carbocycles. The highest BCUT2D eigenvalue weighted by molar-refractivity contribution is 7.89. The van der Waals surface area contributed by atoms with Gasteiger partial charge in [0.15, 0.2) is 16.2 Å². The van der Waals surface area contributed by atoms with E-state index < -0.39 is 28.4 Å². The Labute approximate surface area is 151 Å². The summed E-state index contributed by atoms with van der Waals surface area (Å²) < 4.78 is 33.7. The summed E-state index contributed by atoms with van der Waals surface area (Å²) in [7, 11) is 1.51. The molecule has 8 heteroatoms. The topological polar surface area (TPSA) is 83.1 Å². The van der Waals surface area contributed by atoms with Gasteiger partial charge in [-0.3, -0.25) is 9.98 Å². The van der Waals surface area contributed by atoms with E-state index in [0.717, 1.165) is 20.3 Å². The fourth-order valence-corrected chi connectivity index (χ4v) is 3.42. The highest BCUT2D eigenvalue weighted by Gasteiger charge is 2.20. The number of hydrogen-bond acceptors (Lipinski definition) is 4. The lowest BCUT2D eigenvalue weighted by Gasteiger charge is -2.14. The van der Waals surface area contributed by atoms with Crippen molar-refractivity contribution >= 4 is 11.4 Å². The molecule has 0 fully saturated rings. The number of ether oxygens (including phenoxy) is 1. The summed E-state index contributed by atoms with van der Waals surface area (Å²) in [6, 6.07) is 15.2. The maximum atomic E-state index is 14.2. The van der Waals surface area contributed by atoms with Crippen molar-refractivity contribution in [3.8, 4) is 5.75 Å². The van der Waals surface area contributed by atoms with Crippen molar-refractivity contribution in [1.29, 1.82) is 5.41 Å². The molecule has 0 bridgehead atoms. The lowest BCUT2D eigenvalue weighted by molar-refractivity contribution is 0.414. The predicted molar refractivity (Wildman–Crippen MR) is 94.8 cm³/mol. The van der Waals surface area contributed by atoms with Crippen LogP contribution in [0.3, 0.4) is 0 Å². The van der Waals surface area contributed by atoms with Crippen LogP contribution in [0, 0.1) is 11.2 Å². The quantitative estimate of drug-likeness (QED) is 0.694. The van der Waals surface area contributed by atoms with Gasteiger partial charge in [0, 0.05) is 0 Å². The van der Waals surface area contributed by atoms with Crippen LogP contribution < -0.4 is 15.9 Å². The Bertz CT molecular complexity index is 1020. The summed E-state index contributed by atoms with van der Waals surface area (Å²) in [4.78, 5) is 13.0. The molecule has 134 valence electrons. The molecule has 0 saturated carbocycles. The van der Waals surface area contributed by atoms with Crippen molar-refractivity contribution in [1.82, 2.24) is 8.54 Å². The first kappa shape index (κ1) is 18.0. The third kappa shape index (κ3) is 3.56. The van der Waals surface area contributed by atoms with E-state index in [0.29, 0.717) is 10.6 Å². The number of hydrogen-bond donors (Lipinski definition) is 1. The van der Waals surface area contributed by atoms with Gasteiger partial charge in [0.1, 0.15) is 23.3 Å². The van der Waals surface area contributed by atoms with Gasteiger partial charge < -0.3 is 9.29 Å². The van der Waals surface area contributed by atoms with Gasteiger partial charge in [-0.05, 0) is 29.8 Å². The molecule has 0 saturated heterocycles. The van der Waals surface area contributed by atoms with Crippen molar-refractivity contribution in [3.63, 3.8) is 0 Å². The highest BCUT2D eigenvalue weighted by Crippen LogP contribution is 2.17. The van der Waals surface area contributed by atoms with E-state index in [2.05, 4.69) is 0 Å². The van der Waals surface area contributed by atoms with Crippen molar-refractivity contribution in [3.05, 3.63) is 88.1 Å². The molecular formula is C18H16FN3O3S. The second kappa shape index (κ2) is 7.59. The SMILES string of the molecule is COc1ccc([S+]([O-])n2cc(F)c(=N)n(Cc3ccccc3)c2=O)cc1. The summed E-state index contributed by atoms with van der Waals surface area (Å²) in [6.45, 7) is 0.01000. The predicted octanol–water partition coefficient (Wildman–Crippen LogP) is 1.90. The van der Waals surface area contributed by atoms with E-state index in [-0.39, 0.29) is 6.54 Å². The van der Waals surface area contributed by atoms with E-state index in [1.54, 1.807) is 36.4 Å². The summed E-state index contributed by atoms with van der Waals surface area (Å²) in [5.41, 5.74) is -0.549. The van der Waals surface area contributed by atoms with Gasteiger partial charge in [-0.15, -0.1) is 3.97 Å². The smallest absolute Gasteiger partial charge is 0.372 e. The molecule has 3 rings (SSSR count). The zero-order valence-corrected chi connectivity index (χ0v) is 14.7. The molecule has 1 unspecified atom stereocenters. The number of benzene rings is 2. The molecule has 0 spiro atoms. The third-order valence-electron chi connectivity index (χ3n) is 3.77. The van der Waals surface area contributed by atoms with Crippen LogP contribution in [0.2, 0.25) is 0 Å². The fraction of sp³-hybridized carbons (Fsp3) is 0.111. The van der Waals surface area contributed by atoms with E-state index in [9.17, 15) is 13.7 Å². The Hall–Kier alpha value is -2.84. The average molecular weight is 373 g/mol. The standard InChI is InChI=1S/C18H16FN3O3S/c1-25-14-7-9-15(10-8-14)26(24)22-12-16(19)17(20)21(18(22)23)11-13-5-3-2-4-6-13/h2-10,12,20H,11H2,1H3. The zero-order chi connectivity index (χ0) is 18.7. The van der Waals surface area contributed by atoms with Crippen LogP contribution in [-0.4, -0.2) is 20.2 Å². The molecule has 6 nitrogen and oxygen atoms in total. The van der Waals surface area contributed by atoms with E-state index in [1.165, 1.54) is 19.2 Å². The summed E-state index contributed by atoms with van der Waals surface area (Å²) in [5, 5.41) is 7.84. The number of rotatable bonds is 5. The number of nitrogens with zero attached hydrogens (tertiary/aromatic N) is 2. The number of aromatic nitrogens is 2.